The van der Waals surface area contributed by atoms with E-state index in [0.717, 1.165) is 24.3 Å². The van der Waals surface area contributed by atoms with Gasteiger partial charge in [0.25, 0.3) is 27.7 Å². The van der Waals surface area contributed by atoms with Gasteiger partial charge in [-0.05, 0) is 100 Å². The van der Waals surface area contributed by atoms with Gasteiger partial charge in [0, 0.05) is 51.6 Å². The summed E-state index contributed by atoms with van der Waals surface area (Å²) in [6.07, 6.45) is 7.41. The number of primary amides is 1. The number of carbonyl (C=O) groups is 9. The molecule has 2 heterocycles. The molecule has 7 atom stereocenters. The normalized spacial score (nSPS) is 17.9. The molecule has 1 fully saturated rings. The van der Waals surface area contributed by atoms with Crippen LogP contribution < -0.4 is 37.0 Å². The van der Waals surface area contributed by atoms with Crippen molar-refractivity contribution in [3.63, 3.8) is 0 Å². The summed E-state index contributed by atoms with van der Waals surface area (Å²) < 4.78 is 35.1. The molecule has 0 spiro atoms. The maximum Gasteiger partial charge on any atom is 0.312 e. The monoisotopic (exact) mass is 1090 g/mol. The van der Waals surface area contributed by atoms with Crippen LogP contribution in [0.5, 0.6) is 0 Å². The molecule has 3 rings (SSSR count). The average molecular weight is 1090 g/mol. The van der Waals surface area contributed by atoms with E-state index in [1.807, 2.05) is 39.6 Å². The molecule has 2 aliphatic rings. The topological polar surface area (TPSA) is 305 Å². The number of rotatable bonds is 28. The molecule has 0 aromatic heterocycles. The lowest BCUT2D eigenvalue weighted by Gasteiger charge is -2.36. The Morgan fingerprint density at radius 1 is 0.920 bits per heavy atom. The number of nitrogens with two attached hydrogens (primary N) is 1. The highest BCUT2D eigenvalue weighted by Crippen LogP contribution is 2.37. The van der Waals surface area contributed by atoms with Gasteiger partial charge >= 0.3 is 6.03 Å². The number of nitrogens with zero attached hydrogens (tertiary/aromatic N) is 3. The van der Waals surface area contributed by atoms with Gasteiger partial charge in [0.05, 0.1) is 29.9 Å². The molecule has 1 aromatic carbocycles. The molecule has 0 aliphatic carbocycles. The number of piperidine rings is 1. The van der Waals surface area contributed by atoms with Crippen molar-refractivity contribution in [2.24, 2.45) is 28.9 Å². The predicted molar refractivity (Wildman–Crippen MR) is 286 cm³/mol. The maximum absolute atomic E-state index is 14.1. The second-order valence-corrected chi connectivity index (χ2v) is 24.4. The van der Waals surface area contributed by atoms with Gasteiger partial charge in [-0.2, -0.15) is 0 Å². The molecular formula is C51H81N10O12PS. The summed E-state index contributed by atoms with van der Waals surface area (Å²) in [5, 5.41) is 13.6. The van der Waals surface area contributed by atoms with Crippen LogP contribution in [0.3, 0.4) is 0 Å². The van der Waals surface area contributed by atoms with Gasteiger partial charge < -0.3 is 41.7 Å². The van der Waals surface area contributed by atoms with E-state index in [1.165, 1.54) is 54.3 Å². The molecule has 0 bridgehead atoms. The Hall–Kier alpha value is -5.77. The first-order valence-electron chi connectivity index (χ1n) is 25.4. The average Bonchev–Trinajstić information content (AvgIpc) is 3.65. The quantitative estimate of drug-likeness (QED) is 0.0275. The second kappa shape index (κ2) is 28.9. The lowest BCUT2D eigenvalue weighted by Crippen LogP contribution is -2.57. The molecule has 22 nitrogen and oxygen atoms in total. The number of amides is 10. The van der Waals surface area contributed by atoms with E-state index in [0.29, 0.717) is 12.8 Å². The van der Waals surface area contributed by atoms with Crippen molar-refractivity contribution in [3.05, 3.63) is 48.1 Å². The molecule has 0 saturated carbocycles. The van der Waals surface area contributed by atoms with Crippen LogP contribution in [0, 0.1) is 23.2 Å². The number of carbonyl (C=O) groups excluding carboxylic acids is 9. The minimum Gasteiger partial charge on any atom is -0.357 e. The molecule has 3 unspecified atom stereocenters. The Balaban J connectivity index is 1.69. The molecule has 1 aromatic rings. The third kappa shape index (κ3) is 19.7. The number of likely N-dealkylation sites (tertiary alicyclic amines) is 1. The summed E-state index contributed by atoms with van der Waals surface area (Å²) in [5.41, 5.74) is 4.67. The van der Waals surface area contributed by atoms with E-state index in [9.17, 15) is 51.6 Å². The van der Waals surface area contributed by atoms with E-state index in [-0.39, 0.29) is 84.5 Å². The Morgan fingerprint density at radius 3 is 2.11 bits per heavy atom. The van der Waals surface area contributed by atoms with Crippen LogP contribution >= 0.6 is 8.15 Å². The highest BCUT2D eigenvalue weighted by molar-refractivity contribution is 7.90. The minimum atomic E-state index is -4.46. The first-order valence-corrected chi connectivity index (χ1v) is 28.8. The molecule has 8 N–H and O–H groups in total. The minimum absolute atomic E-state index is 0.0197. The van der Waals surface area contributed by atoms with Crippen molar-refractivity contribution in [2.75, 3.05) is 52.1 Å². The van der Waals surface area contributed by atoms with Crippen LogP contribution in [0.25, 0.3) is 0 Å². The fraction of sp³-hybridized carbons (Fsp3) is 0.627. The van der Waals surface area contributed by atoms with Crippen molar-refractivity contribution in [1.82, 2.24) is 40.7 Å². The zero-order chi connectivity index (χ0) is 56.5. The third-order valence-corrected chi connectivity index (χ3v) is 15.8. The van der Waals surface area contributed by atoms with E-state index >= 15 is 0 Å². The van der Waals surface area contributed by atoms with E-state index in [2.05, 4.69) is 31.3 Å². The van der Waals surface area contributed by atoms with Crippen molar-refractivity contribution in [3.8, 4) is 0 Å². The molecule has 418 valence electrons. The number of anilines is 1. The molecule has 75 heavy (non-hydrogen) atoms. The van der Waals surface area contributed by atoms with Crippen LogP contribution in [-0.2, 0) is 52.9 Å². The lowest BCUT2D eigenvalue weighted by atomic mass is 9.89. The number of hydrogen-bond donors (Lipinski definition) is 7. The van der Waals surface area contributed by atoms with Crippen LogP contribution in [-0.4, -0.2) is 153 Å². The van der Waals surface area contributed by atoms with Crippen LogP contribution in [0.4, 0.5) is 10.5 Å². The summed E-state index contributed by atoms with van der Waals surface area (Å²) in [5.74, 6) is -4.98. The summed E-state index contributed by atoms with van der Waals surface area (Å²) >= 11 is 0. The standard InChI is InChI=1S/C51H81N10O12PS/c1-13-33(6)44(57-47(67)38-18-14-15-26-59(38)10)49(69)60(11)39(31(2)3)27-34(7)45(65)58-75(71,72)36-21-19-35(20-22-36)54-46(66)37(17-16-25-53-50(52)70)55-48(68)43(32(4)5)56-40(62)28-51(8,9)29-73-74(12)30-61-41(63)23-24-42(61)64/h19-24,27,31-33,37-39,43-44H,13-18,25-26,28-30H2,1-12H3,(H,54,66)(H,55,68)(H,56,62)(H,57,67)(H,58,65)(H3,52,53,70)/b34-27+/t33-,37-,38+,39+,43?,44?,74?/m0/s1. The van der Waals surface area contributed by atoms with Gasteiger partial charge in [-0.3, -0.25) is 48.2 Å². The fourth-order valence-electron chi connectivity index (χ4n) is 8.39. The molecule has 1 saturated heterocycles. The van der Waals surface area contributed by atoms with Crippen molar-refractivity contribution in [1.29, 1.82) is 0 Å². The Labute approximate surface area is 443 Å². The number of benzene rings is 1. The molecule has 2 aliphatic heterocycles. The molecular weight excluding hydrogens is 1010 g/mol. The summed E-state index contributed by atoms with van der Waals surface area (Å²) in [6.45, 7) is 18.8. The van der Waals surface area contributed by atoms with Gasteiger partial charge in [0.2, 0.25) is 29.5 Å². The maximum atomic E-state index is 14.1. The predicted octanol–water partition coefficient (Wildman–Crippen LogP) is 3.29. The molecule has 0 radical (unpaired) electrons. The lowest BCUT2D eigenvalue weighted by molar-refractivity contribution is -0.140. The number of nitrogens with one attached hydrogen (secondary N) is 6. The van der Waals surface area contributed by atoms with Gasteiger partial charge in [-0.15, -0.1) is 0 Å². The number of urea groups is 1. The van der Waals surface area contributed by atoms with Crippen molar-refractivity contribution >= 4 is 77.1 Å². The number of hydrogen-bond acceptors (Lipinski definition) is 13. The van der Waals surface area contributed by atoms with Crippen molar-refractivity contribution in [2.45, 2.75) is 142 Å². The summed E-state index contributed by atoms with van der Waals surface area (Å²) in [7, 11) is -2.20. The second-order valence-electron chi connectivity index (χ2n) is 21.0. The Morgan fingerprint density at radius 2 is 1.55 bits per heavy atom. The van der Waals surface area contributed by atoms with E-state index < -0.39 is 95.1 Å². The first kappa shape index (κ1) is 63.5. The highest BCUT2D eigenvalue weighted by Gasteiger charge is 2.36. The summed E-state index contributed by atoms with van der Waals surface area (Å²) in [4.78, 5) is 122. The number of sulfonamides is 1. The number of imide groups is 1. The highest BCUT2D eigenvalue weighted by atomic mass is 32.2. The van der Waals surface area contributed by atoms with E-state index in [4.69, 9.17) is 10.3 Å². The van der Waals surface area contributed by atoms with Gasteiger partial charge in [-0.25, -0.2) is 17.9 Å². The third-order valence-electron chi connectivity index (χ3n) is 13.2. The fourth-order valence-corrected chi connectivity index (χ4v) is 10.7. The van der Waals surface area contributed by atoms with Crippen molar-refractivity contribution < 1.29 is 56.1 Å². The van der Waals surface area contributed by atoms with E-state index in [1.54, 1.807) is 41.4 Å². The van der Waals surface area contributed by atoms with Gasteiger partial charge in [0.1, 0.15) is 18.1 Å². The summed E-state index contributed by atoms with van der Waals surface area (Å²) in [6, 6.07) is 0.0777. The largest absolute Gasteiger partial charge is 0.357 e. The Bertz CT molecular complexity index is 2380. The van der Waals surface area contributed by atoms with Crippen LogP contribution in [0.2, 0.25) is 0 Å². The zero-order valence-electron chi connectivity index (χ0n) is 45.6. The molecule has 24 heteroatoms. The molecule has 10 amide bonds. The van der Waals surface area contributed by atoms with Gasteiger partial charge in [-0.1, -0.05) is 74.3 Å². The van der Waals surface area contributed by atoms with Crippen LogP contribution in [0.15, 0.2) is 53.0 Å². The Kier molecular flexibility index (Phi) is 24.5. The SMILES string of the molecule is CC[C@H](C)C(NC(=O)[C@H]1CCCCN1C)C(=O)N(C)[C@H](/C=C(\C)C(=O)NS(=O)(=O)c1ccc(NC(=O)[C@H](CCCNC(N)=O)NC(=O)C(NC(=O)CC(C)(C)COP(C)CN2C(=O)C=CC2=O)C(C)C)cc1)C(C)C. The van der Waals surface area contributed by atoms with Gasteiger partial charge in [0.15, 0.2) is 0 Å². The smallest absolute Gasteiger partial charge is 0.312 e. The van der Waals surface area contributed by atoms with Crippen LogP contribution in [0.1, 0.15) is 107 Å². The first-order chi connectivity index (χ1) is 35.0. The zero-order valence-corrected chi connectivity index (χ0v) is 47.3. The number of likely N-dealkylation sites (N-methyl/N-ethyl adjacent to an activating group) is 2.